The lowest BCUT2D eigenvalue weighted by molar-refractivity contribution is -0.150. The SMILES string of the molecule is O=C(OCc1ccccc1)C1CCC(O)(CCCO)C1. The van der Waals surface area contributed by atoms with E-state index in [4.69, 9.17) is 9.84 Å². The lowest BCUT2D eigenvalue weighted by Gasteiger charge is -2.21. The summed E-state index contributed by atoms with van der Waals surface area (Å²) in [6, 6.07) is 9.57. The van der Waals surface area contributed by atoms with Crippen LogP contribution in [0.25, 0.3) is 0 Å². The van der Waals surface area contributed by atoms with Gasteiger partial charge in [0.1, 0.15) is 6.61 Å². The molecule has 1 aliphatic rings. The molecular weight excluding hydrogens is 256 g/mol. The fourth-order valence-corrected chi connectivity index (χ4v) is 2.79. The number of hydrogen-bond donors (Lipinski definition) is 2. The van der Waals surface area contributed by atoms with Crippen LogP contribution in [0.5, 0.6) is 0 Å². The number of ether oxygens (including phenoxy) is 1. The number of carbonyl (C=O) groups is 1. The van der Waals surface area contributed by atoms with Crippen LogP contribution in [0.4, 0.5) is 0 Å². The van der Waals surface area contributed by atoms with E-state index in [-0.39, 0.29) is 25.1 Å². The summed E-state index contributed by atoms with van der Waals surface area (Å²) in [5.41, 5.74) is 0.161. The van der Waals surface area contributed by atoms with E-state index in [0.29, 0.717) is 32.1 Å². The van der Waals surface area contributed by atoms with Crippen molar-refractivity contribution in [3.63, 3.8) is 0 Å². The number of hydrogen-bond acceptors (Lipinski definition) is 4. The summed E-state index contributed by atoms with van der Waals surface area (Å²) in [5.74, 6) is -0.448. The third-order valence-corrected chi connectivity index (χ3v) is 3.94. The normalized spacial score (nSPS) is 25.6. The van der Waals surface area contributed by atoms with Gasteiger partial charge in [-0.2, -0.15) is 0 Å². The quantitative estimate of drug-likeness (QED) is 0.781. The van der Waals surface area contributed by atoms with E-state index in [9.17, 15) is 9.90 Å². The van der Waals surface area contributed by atoms with Gasteiger partial charge in [-0.3, -0.25) is 4.79 Å². The highest BCUT2D eigenvalue weighted by Gasteiger charge is 2.40. The summed E-state index contributed by atoms with van der Waals surface area (Å²) in [5, 5.41) is 19.1. The Morgan fingerprint density at radius 1 is 1.35 bits per heavy atom. The molecule has 0 heterocycles. The minimum atomic E-state index is -0.806. The standard InChI is InChI=1S/C16H22O4/c17-10-4-8-16(19)9-7-14(11-16)15(18)20-12-13-5-2-1-3-6-13/h1-3,5-6,14,17,19H,4,7-12H2. The first kappa shape index (κ1) is 15.0. The molecule has 2 atom stereocenters. The van der Waals surface area contributed by atoms with Crippen molar-refractivity contribution in [1.29, 1.82) is 0 Å². The molecule has 1 aliphatic carbocycles. The van der Waals surface area contributed by atoms with Crippen LogP contribution >= 0.6 is 0 Å². The topological polar surface area (TPSA) is 66.8 Å². The molecular formula is C16H22O4. The molecule has 2 rings (SSSR count). The monoisotopic (exact) mass is 278 g/mol. The molecule has 0 amide bonds. The molecule has 0 aliphatic heterocycles. The van der Waals surface area contributed by atoms with Crippen molar-refractivity contribution < 1.29 is 19.7 Å². The van der Waals surface area contributed by atoms with Gasteiger partial charge in [0.05, 0.1) is 11.5 Å². The Labute approximate surface area is 119 Å². The zero-order valence-electron chi connectivity index (χ0n) is 11.6. The predicted molar refractivity (Wildman–Crippen MR) is 74.8 cm³/mol. The van der Waals surface area contributed by atoms with Crippen LogP contribution in [0.2, 0.25) is 0 Å². The van der Waals surface area contributed by atoms with E-state index in [1.807, 2.05) is 30.3 Å². The Morgan fingerprint density at radius 2 is 2.10 bits per heavy atom. The van der Waals surface area contributed by atoms with Gasteiger partial charge in [0.25, 0.3) is 0 Å². The van der Waals surface area contributed by atoms with E-state index in [1.165, 1.54) is 0 Å². The van der Waals surface area contributed by atoms with Gasteiger partial charge >= 0.3 is 5.97 Å². The molecule has 0 saturated heterocycles. The highest BCUT2D eigenvalue weighted by atomic mass is 16.5. The molecule has 1 fully saturated rings. The number of aliphatic hydroxyl groups excluding tert-OH is 1. The minimum Gasteiger partial charge on any atom is -0.461 e. The summed E-state index contributed by atoms with van der Waals surface area (Å²) in [7, 11) is 0. The highest BCUT2D eigenvalue weighted by molar-refractivity contribution is 5.73. The largest absolute Gasteiger partial charge is 0.461 e. The maximum Gasteiger partial charge on any atom is 0.309 e. The number of benzene rings is 1. The Morgan fingerprint density at radius 3 is 2.80 bits per heavy atom. The first-order valence-electron chi connectivity index (χ1n) is 7.17. The molecule has 2 unspecified atom stereocenters. The first-order chi connectivity index (χ1) is 9.63. The Bertz CT molecular complexity index is 431. The number of aliphatic hydroxyl groups is 2. The van der Waals surface area contributed by atoms with Crippen molar-refractivity contribution in [2.24, 2.45) is 5.92 Å². The van der Waals surface area contributed by atoms with Crippen molar-refractivity contribution >= 4 is 5.97 Å². The van der Waals surface area contributed by atoms with Crippen molar-refractivity contribution in [2.45, 2.75) is 44.3 Å². The van der Waals surface area contributed by atoms with Crippen LogP contribution in [0.15, 0.2) is 30.3 Å². The van der Waals surface area contributed by atoms with Gasteiger partial charge in [-0.1, -0.05) is 30.3 Å². The smallest absolute Gasteiger partial charge is 0.309 e. The average molecular weight is 278 g/mol. The van der Waals surface area contributed by atoms with Gasteiger partial charge in [0.15, 0.2) is 0 Å². The van der Waals surface area contributed by atoms with Gasteiger partial charge in [0.2, 0.25) is 0 Å². The lowest BCUT2D eigenvalue weighted by atomic mass is 9.95. The summed E-state index contributed by atoms with van der Waals surface area (Å²) in [6.07, 6.45) is 2.84. The van der Waals surface area contributed by atoms with E-state index in [0.717, 1.165) is 5.56 Å². The second-order valence-electron chi connectivity index (χ2n) is 5.58. The fourth-order valence-electron chi connectivity index (χ4n) is 2.79. The molecule has 2 N–H and O–H groups in total. The third-order valence-electron chi connectivity index (χ3n) is 3.94. The summed E-state index contributed by atoms with van der Waals surface area (Å²) < 4.78 is 5.31. The lowest BCUT2D eigenvalue weighted by Crippen LogP contribution is -2.26. The number of rotatable bonds is 6. The number of esters is 1. The molecule has 4 heteroatoms. The third kappa shape index (κ3) is 4.05. The molecule has 1 aromatic rings. The fraction of sp³-hybridized carbons (Fsp3) is 0.562. The molecule has 0 spiro atoms. The van der Waals surface area contributed by atoms with Crippen molar-refractivity contribution in [1.82, 2.24) is 0 Å². The highest BCUT2D eigenvalue weighted by Crippen LogP contribution is 2.38. The second kappa shape index (κ2) is 6.86. The van der Waals surface area contributed by atoms with E-state index in [2.05, 4.69) is 0 Å². The number of carbonyl (C=O) groups excluding carboxylic acids is 1. The molecule has 20 heavy (non-hydrogen) atoms. The molecule has 1 saturated carbocycles. The minimum absolute atomic E-state index is 0.0748. The zero-order valence-corrected chi connectivity index (χ0v) is 11.6. The van der Waals surface area contributed by atoms with Crippen molar-refractivity contribution in [3.05, 3.63) is 35.9 Å². The van der Waals surface area contributed by atoms with Crippen LogP contribution in [0, 0.1) is 5.92 Å². The zero-order chi connectivity index (χ0) is 14.4. The maximum absolute atomic E-state index is 12.0. The van der Waals surface area contributed by atoms with Gasteiger partial charge in [-0.25, -0.2) is 0 Å². The van der Waals surface area contributed by atoms with Crippen LogP contribution in [-0.4, -0.2) is 28.4 Å². The summed E-state index contributed by atoms with van der Waals surface area (Å²) >= 11 is 0. The second-order valence-corrected chi connectivity index (χ2v) is 5.58. The Balaban J connectivity index is 1.79. The van der Waals surface area contributed by atoms with Crippen LogP contribution in [-0.2, 0) is 16.1 Å². The summed E-state index contributed by atoms with van der Waals surface area (Å²) in [4.78, 5) is 12.0. The predicted octanol–water partition coefficient (Wildman–Crippen LogP) is 2.03. The van der Waals surface area contributed by atoms with Gasteiger partial charge < -0.3 is 14.9 Å². The van der Waals surface area contributed by atoms with E-state index >= 15 is 0 Å². The van der Waals surface area contributed by atoms with E-state index < -0.39 is 5.60 Å². The van der Waals surface area contributed by atoms with Gasteiger partial charge in [0, 0.05) is 6.61 Å². The van der Waals surface area contributed by atoms with Gasteiger partial charge in [-0.15, -0.1) is 0 Å². The molecule has 0 radical (unpaired) electrons. The summed E-state index contributed by atoms with van der Waals surface area (Å²) in [6.45, 7) is 0.358. The Kier molecular flexibility index (Phi) is 5.15. The molecule has 110 valence electrons. The van der Waals surface area contributed by atoms with Crippen molar-refractivity contribution in [3.8, 4) is 0 Å². The Hall–Kier alpha value is -1.39. The van der Waals surface area contributed by atoms with E-state index in [1.54, 1.807) is 0 Å². The molecule has 0 bridgehead atoms. The maximum atomic E-state index is 12.0. The molecule has 0 aromatic heterocycles. The van der Waals surface area contributed by atoms with Crippen LogP contribution in [0.3, 0.4) is 0 Å². The first-order valence-corrected chi connectivity index (χ1v) is 7.17. The van der Waals surface area contributed by atoms with Crippen LogP contribution < -0.4 is 0 Å². The molecule has 1 aromatic carbocycles. The van der Waals surface area contributed by atoms with Crippen molar-refractivity contribution in [2.75, 3.05) is 6.61 Å². The average Bonchev–Trinajstić information content (AvgIpc) is 2.87. The molecule has 4 nitrogen and oxygen atoms in total. The van der Waals surface area contributed by atoms with Crippen LogP contribution in [0.1, 0.15) is 37.7 Å². The van der Waals surface area contributed by atoms with Gasteiger partial charge in [-0.05, 0) is 37.7 Å².